The van der Waals surface area contributed by atoms with Crippen molar-refractivity contribution in [2.45, 2.75) is 39.0 Å². The molecule has 4 nitrogen and oxygen atoms in total. The van der Waals surface area contributed by atoms with Crippen molar-refractivity contribution in [1.29, 1.82) is 0 Å². The second-order valence-electron chi connectivity index (χ2n) is 4.71. The summed E-state index contributed by atoms with van der Waals surface area (Å²) >= 11 is 0. The summed E-state index contributed by atoms with van der Waals surface area (Å²) < 4.78 is 0. The maximum Gasteiger partial charge on any atom is 0.224 e. The minimum atomic E-state index is 0.715. The van der Waals surface area contributed by atoms with E-state index in [0.717, 1.165) is 18.9 Å². The molecule has 1 aliphatic heterocycles. The number of rotatable bonds is 2. The highest BCUT2D eigenvalue weighted by molar-refractivity contribution is 5.48. The van der Waals surface area contributed by atoms with Crippen molar-refractivity contribution < 1.29 is 0 Å². The number of anilines is 2. The topological polar surface area (TPSA) is 41.1 Å². The van der Waals surface area contributed by atoms with E-state index in [9.17, 15) is 0 Å². The van der Waals surface area contributed by atoms with Gasteiger partial charge in [0, 0.05) is 31.9 Å². The van der Waals surface area contributed by atoms with Crippen LogP contribution in [0, 0.1) is 6.92 Å². The number of hydrogen-bond donors (Lipinski definition) is 1. The molecule has 1 aliphatic rings. The zero-order valence-electron chi connectivity index (χ0n) is 10.9. The molecule has 1 saturated heterocycles. The molecule has 0 unspecified atom stereocenters. The van der Waals surface area contributed by atoms with Crippen LogP contribution in [-0.4, -0.2) is 30.1 Å². The third kappa shape index (κ3) is 3.08. The van der Waals surface area contributed by atoms with Gasteiger partial charge in [-0.3, -0.25) is 0 Å². The molecule has 1 fully saturated rings. The molecule has 0 atom stereocenters. The van der Waals surface area contributed by atoms with Gasteiger partial charge in [0.25, 0.3) is 0 Å². The summed E-state index contributed by atoms with van der Waals surface area (Å²) in [5.41, 5.74) is 1.17. The first kappa shape index (κ1) is 12.1. The summed E-state index contributed by atoms with van der Waals surface area (Å²) in [5, 5.41) is 3.01. The second-order valence-corrected chi connectivity index (χ2v) is 4.71. The summed E-state index contributed by atoms with van der Waals surface area (Å²) in [4.78, 5) is 11.2. The summed E-state index contributed by atoms with van der Waals surface area (Å²) in [5.74, 6) is 1.82. The van der Waals surface area contributed by atoms with Crippen LogP contribution in [0.2, 0.25) is 0 Å². The molecule has 0 spiro atoms. The number of nitrogens with one attached hydrogen (secondary N) is 1. The van der Waals surface area contributed by atoms with Gasteiger partial charge in [-0.2, -0.15) is 4.98 Å². The Morgan fingerprint density at radius 1 is 1.12 bits per heavy atom. The van der Waals surface area contributed by atoms with Crippen molar-refractivity contribution in [1.82, 2.24) is 9.97 Å². The minimum absolute atomic E-state index is 0.715. The van der Waals surface area contributed by atoms with E-state index < -0.39 is 0 Å². The van der Waals surface area contributed by atoms with Crippen LogP contribution in [0.25, 0.3) is 0 Å². The van der Waals surface area contributed by atoms with E-state index in [1.807, 2.05) is 13.2 Å². The largest absolute Gasteiger partial charge is 0.357 e. The Hall–Kier alpha value is -1.32. The van der Waals surface area contributed by atoms with Gasteiger partial charge in [-0.1, -0.05) is 19.3 Å². The highest BCUT2D eigenvalue weighted by Gasteiger charge is 2.13. The molecule has 17 heavy (non-hydrogen) atoms. The number of aryl methyl sites for hydroxylation is 1. The van der Waals surface area contributed by atoms with Gasteiger partial charge in [0.05, 0.1) is 0 Å². The van der Waals surface area contributed by atoms with E-state index in [2.05, 4.69) is 27.1 Å². The fourth-order valence-corrected chi connectivity index (χ4v) is 2.33. The first-order chi connectivity index (χ1) is 8.31. The van der Waals surface area contributed by atoms with Gasteiger partial charge < -0.3 is 10.2 Å². The second kappa shape index (κ2) is 5.84. The molecule has 1 N–H and O–H groups in total. The van der Waals surface area contributed by atoms with Crippen LogP contribution < -0.4 is 10.2 Å². The van der Waals surface area contributed by atoms with E-state index in [1.165, 1.54) is 37.7 Å². The lowest BCUT2D eigenvalue weighted by Gasteiger charge is -2.27. The molecular formula is C13H22N4. The molecule has 0 aliphatic carbocycles. The lowest BCUT2D eigenvalue weighted by atomic mass is 10.1. The van der Waals surface area contributed by atoms with Crippen molar-refractivity contribution >= 4 is 11.8 Å². The molecule has 0 amide bonds. The Morgan fingerprint density at radius 3 is 2.41 bits per heavy atom. The molecule has 0 saturated carbocycles. The Labute approximate surface area is 103 Å². The molecule has 2 heterocycles. The van der Waals surface area contributed by atoms with Gasteiger partial charge in [-0.15, -0.1) is 0 Å². The van der Waals surface area contributed by atoms with Crippen LogP contribution in [0.4, 0.5) is 11.8 Å². The average Bonchev–Trinajstić information content (AvgIpc) is 2.30. The van der Waals surface area contributed by atoms with Crippen molar-refractivity contribution in [2.24, 2.45) is 0 Å². The Balaban J connectivity index is 2.17. The number of hydrogen-bond acceptors (Lipinski definition) is 4. The zero-order chi connectivity index (χ0) is 12.1. The summed E-state index contributed by atoms with van der Waals surface area (Å²) in [7, 11) is 1.86. The highest BCUT2D eigenvalue weighted by atomic mass is 15.2. The van der Waals surface area contributed by atoms with Crippen LogP contribution in [0.5, 0.6) is 0 Å². The van der Waals surface area contributed by atoms with Crippen LogP contribution >= 0.6 is 0 Å². The average molecular weight is 234 g/mol. The number of aromatic nitrogens is 2. The van der Waals surface area contributed by atoms with E-state index in [1.54, 1.807) is 0 Å². The SMILES string of the molecule is CNc1ncc(C)c(N2CCCCCCC2)n1. The fourth-order valence-electron chi connectivity index (χ4n) is 2.33. The first-order valence-electron chi connectivity index (χ1n) is 6.57. The molecule has 2 rings (SSSR count). The summed E-state index contributed by atoms with van der Waals surface area (Å²) in [6, 6.07) is 0. The predicted molar refractivity (Wildman–Crippen MR) is 71.6 cm³/mol. The van der Waals surface area contributed by atoms with E-state index in [4.69, 9.17) is 0 Å². The van der Waals surface area contributed by atoms with Crippen LogP contribution in [0.1, 0.15) is 37.7 Å². The van der Waals surface area contributed by atoms with Crippen LogP contribution in [-0.2, 0) is 0 Å². The quantitative estimate of drug-likeness (QED) is 0.854. The molecule has 4 heteroatoms. The van der Waals surface area contributed by atoms with Gasteiger partial charge in [0.2, 0.25) is 5.95 Å². The first-order valence-corrected chi connectivity index (χ1v) is 6.57. The van der Waals surface area contributed by atoms with Gasteiger partial charge in [-0.25, -0.2) is 4.98 Å². The van der Waals surface area contributed by atoms with Crippen LogP contribution in [0.3, 0.4) is 0 Å². The summed E-state index contributed by atoms with van der Waals surface area (Å²) in [6.45, 7) is 4.34. The molecule has 0 bridgehead atoms. The molecule has 0 aromatic carbocycles. The van der Waals surface area contributed by atoms with E-state index in [-0.39, 0.29) is 0 Å². The predicted octanol–water partition coefficient (Wildman–Crippen LogP) is 2.60. The summed E-state index contributed by atoms with van der Waals surface area (Å²) in [6.07, 6.45) is 8.54. The third-order valence-corrected chi connectivity index (χ3v) is 3.32. The molecule has 0 radical (unpaired) electrons. The lowest BCUT2D eigenvalue weighted by Crippen LogP contribution is -2.28. The Morgan fingerprint density at radius 2 is 1.76 bits per heavy atom. The zero-order valence-corrected chi connectivity index (χ0v) is 10.9. The van der Waals surface area contributed by atoms with Gasteiger partial charge in [-0.05, 0) is 19.8 Å². The number of nitrogens with zero attached hydrogens (tertiary/aromatic N) is 3. The third-order valence-electron chi connectivity index (χ3n) is 3.32. The minimum Gasteiger partial charge on any atom is -0.357 e. The van der Waals surface area contributed by atoms with Gasteiger partial charge in [0.15, 0.2) is 0 Å². The van der Waals surface area contributed by atoms with E-state index in [0.29, 0.717) is 5.95 Å². The maximum absolute atomic E-state index is 4.59. The fraction of sp³-hybridized carbons (Fsp3) is 0.692. The highest BCUT2D eigenvalue weighted by Crippen LogP contribution is 2.21. The lowest BCUT2D eigenvalue weighted by molar-refractivity contribution is 0.553. The molecule has 94 valence electrons. The van der Waals surface area contributed by atoms with E-state index >= 15 is 0 Å². The van der Waals surface area contributed by atoms with Gasteiger partial charge >= 0.3 is 0 Å². The Kier molecular flexibility index (Phi) is 4.18. The normalized spacial score (nSPS) is 17.4. The van der Waals surface area contributed by atoms with Crippen molar-refractivity contribution in [3.63, 3.8) is 0 Å². The molecule has 1 aromatic heterocycles. The van der Waals surface area contributed by atoms with Gasteiger partial charge in [0.1, 0.15) is 5.82 Å². The van der Waals surface area contributed by atoms with Crippen molar-refractivity contribution in [2.75, 3.05) is 30.4 Å². The Bertz CT molecular complexity index is 356. The smallest absolute Gasteiger partial charge is 0.224 e. The standard InChI is InChI=1S/C13H22N4/c1-11-10-15-13(14-2)16-12(11)17-8-6-4-3-5-7-9-17/h10H,3-9H2,1-2H3,(H,14,15,16). The monoisotopic (exact) mass is 234 g/mol. The molecule has 1 aromatic rings. The van der Waals surface area contributed by atoms with Crippen LogP contribution in [0.15, 0.2) is 6.20 Å². The molecular weight excluding hydrogens is 212 g/mol. The van der Waals surface area contributed by atoms with Crippen molar-refractivity contribution in [3.05, 3.63) is 11.8 Å². The maximum atomic E-state index is 4.59. The van der Waals surface area contributed by atoms with Crippen molar-refractivity contribution in [3.8, 4) is 0 Å².